The zero-order valence-electron chi connectivity index (χ0n) is 12.7. The van der Waals surface area contributed by atoms with E-state index < -0.39 is 0 Å². The zero-order valence-corrected chi connectivity index (χ0v) is 15.1. The predicted octanol–water partition coefficient (Wildman–Crippen LogP) is 5.20. The van der Waals surface area contributed by atoms with Gasteiger partial charge in [-0.1, -0.05) is 31.5 Å². The second kappa shape index (κ2) is 7.75. The Labute approximate surface area is 140 Å². The van der Waals surface area contributed by atoms with Gasteiger partial charge in [0.05, 0.1) is 10.4 Å². The molecule has 1 unspecified atom stereocenters. The first-order chi connectivity index (χ1) is 10.0. The van der Waals surface area contributed by atoms with Gasteiger partial charge in [0.25, 0.3) is 0 Å². The maximum atomic E-state index is 6.10. The molecule has 2 heterocycles. The van der Waals surface area contributed by atoms with Crippen molar-refractivity contribution in [2.45, 2.75) is 26.3 Å². The van der Waals surface area contributed by atoms with Gasteiger partial charge in [0.15, 0.2) is 0 Å². The van der Waals surface area contributed by atoms with Crippen LogP contribution in [0, 0.1) is 5.41 Å². The first-order valence-electron chi connectivity index (χ1n) is 7.03. The highest BCUT2D eigenvalue weighted by atomic mass is 35.5. The standard InChI is InChI=1S/C16H22ClNOS2/c1-16(2,8-9-19-3)11-18-15(12-5-4-10-20-12)13-6-7-14(17)21-13/h4-7,10,15,18H,8-9,11H2,1-3H3. The molecule has 0 amide bonds. The highest BCUT2D eigenvalue weighted by Crippen LogP contribution is 2.34. The summed E-state index contributed by atoms with van der Waals surface area (Å²) in [5.41, 5.74) is 0.201. The molecule has 0 aliphatic rings. The minimum Gasteiger partial charge on any atom is -0.385 e. The second-order valence-corrected chi connectivity index (χ2v) is 8.60. The third kappa shape index (κ3) is 5.08. The first-order valence-corrected chi connectivity index (χ1v) is 9.10. The quantitative estimate of drug-likeness (QED) is 0.710. The Bertz CT molecular complexity index is 536. The number of ether oxygens (including phenoxy) is 1. The van der Waals surface area contributed by atoms with Crippen LogP contribution in [0.3, 0.4) is 0 Å². The molecule has 0 radical (unpaired) electrons. The van der Waals surface area contributed by atoms with Gasteiger partial charge in [0, 0.05) is 30.0 Å². The van der Waals surface area contributed by atoms with E-state index in [1.807, 2.05) is 6.07 Å². The average molecular weight is 344 g/mol. The topological polar surface area (TPSA) is 21.3 Å². The van der Waals surface area contributed by atoms with Crippen LogP contribution in [0.25, 0.3) is 0 Å². The summed E-state index contributed by atoms with van der Waals surface area (Å²) in [6.07, 6.45) is 1.04. The van der Waals surface area contributed by atoms with Crippen molar-refractivity contribution in [2.24, 2.45) is 5.41 Å². The fourth-order valence-electron chi connectivity index (χ4n) is 2.13. The summed E-state index contributed by atoms with van der Waals surface area (Å²) >= 11 is 9.53. The summed E-state index contributed by atoms with van der Waals surface area (Å²) in [7, 11) is 1.76. The molecule has 2 rings (SSSR count). The van der Waals surface area contributed by atoms with E-state index in [1.54, 1.807) is 29.8 Å². The third-order valence-electron chi connectivity index (χ3n) is 3.47. The normalized spacial score (nSPS) is 13.5. The largest absolute Gasteiger partial charge is 0.385 e. The molecular weight excluding hydrogens is 322 g/mol. The fraction of sp³-hybridized carbons (Fsp3) is 0.500. The fourth-order valence-corrected chi connectivity index (χ4v) is 4.17. The van der Waals surface area contributed by atoms with Crippen LogP contribution in [0.5, 0.6) is 0 Å². The van der Waals surface area contributed by atoms with E-state index in [9.17, 15) is 0 Å². The summed E-state index contributed by atoms with van der Waals surface area (Å²) in [6, 6.07) is 8.59. The summed E-state index contributed by atoms with van der Waals surface area (Å²) in [5, 5.41) is 5.83. The number of nitrogens with one attached hydrogen (secondary N) is 1. The zero-order chi connectivity index (χ0) is 15.3. The Morgan fingerprint density at radius 2 is 2.10 bits per heavy atom. The molecule has 2 nitrogen and oxygen atoms in total. The molecule has 0 spiro atoms. The molecule has 0 aliphatic carbocycles. The van der Waals surface area contributed by atoms with Crippen LogP contribution >= 0.6 is 34.3 Å². The summed E-state index contributed by atoms with van der Waals surface area (Å²) < 4.78 is 6.04. The second-order valence-electron chi connectivity index (χ2n) is 5.88. The predicted molar refractivity (Wildman–Crippen MR) is 93.8 cm³/mol. The van der Waals surface area contributed by atoms with Gasteiger partial charge in [-0.15, -0.1) is 22.7 Å². The molecule has 0 aliphatic heterocycles. The van der Waals surface area contributed by atoms with Gasteiger partial charge >= 0.3 is 0 Å². The van der Waals surface area contributed by atoms with Crippen molar-refractivity contribution in [1.29, 1.82) is 0 Å². The summed E-state index contributed by atoms with van der Waals surface area (Å²) in [5.74, 6) is 0. The lowest BCUT2D eigenvalue weighted by atomic mass is 9.89. The maximum absolute atomic E-state index is 6.10. The van der Waals surface area contributed by atoms with Gasteiger partial charge in [-0.05, 0) is 35.4 Å². The number of thiophene rings is 2. The van der Waals surface area contributed by atoms with Crippen LogP contribution in [-0.2, 0) is 4.74 Å². The van der Waals surface area contributed by atoms with E-state index in [4.69, 9.17) is 16.3 Å². The lowest BCUT2D eigenvalue weighted by Gasteiger charge is -2.27. The number of hydrogen-bond donors (Lipinski definition) is 1. The van der Waals surface area contributed by atoms with Crippen LogP contribution in [0.2, 0.25) is 4.34 Å². The maximum Gasteiger partial charge on any atom is 0.0931 e. The van der Waals surface area contributed by atoms with E-state index >= 15 is 0 Å². The highest BCUT2D eigenvalue weighted by Gasteiger charge is 2.22. The lowest BCUT2D eigenvalue weighted by molar-refractivity contribution is 0.150. The van der Waals surface area contributed by atoms with Gasteiger partial charge in [0.1, 0.15) is 0 Å². The van der Waals surface area contributed by atoms with Crippen molar-refractivity contribution < 1.29 is 4.74 Å². The Hall–Kier alpha value is -0.390. The molecule has 2 aromatic heterocycles. The average Bonchev–Trinajstić information content (AvgIpc) is 3.09. The molecule has 2 aromatic rings. The van der Waals surface area contributed by atoms with Gasteiger partial charge < -0.3 is 10.1 Å². The molecule has 0 saturated heterocycles. The highest BCUT2D eigenvalue weighted by molar-refractivity contribution is 7.16. The van der Waals surface area contributed by atoms with Gasteiger partial charge in [-0.3, -0.25) is 0 Å². The number of hydrogen-bond acceptors (Lipinski definition) is 4. The van der Waals surface area contributed by atoms with E-state index in [0.29, 0.717) is 0 Å². The van der Waals surface area contributed by atoms with Crippen molar-refractivity contribution in [3.05, 3.63) is 43.7 Å². The van der Waals surface area contributed by atoms with Crippen molar-refractivity contribution in [1.82, 2.24) is 5.32 Å². The molecular formula is C16H22ClNOS2. The SMILES string of the molecule is COCCC(C)(C)CNC(c1cccs1)c1ccc(Cl)s1. The summed E-state index contributed by atoms with van der Waals surface area (Å²) in [6.45, 7) is 6.27. The van der Waals surface area contributed by atoms with Crippen LogP contribution in [0.15, 0.2) is 29.6 Å². The van der Waals surface area contributed by atoms with E-state index in [2.05, 4.69) is 42.7 Å². The molecule has 1 N–H and O–H groups in total. The Morgan fingerprint density at radius 3 is 2.67 bits per heavy atom. The molecule has 0 saturated carbocycles. The van der Waals surface area contributed by atoms with Crippen LogP contribution in [0.1, 0.15) is 36.1 Å². The van der Waals surface area contributed by atoms with E-state index in [1.165, 1.54) is 9.75 Å². The van der Waals surface area contributed by atoms with Crippen LogP contribution in [0.4, 0.5) is 0 Å². The van der Waals surface area contributed by atoms with Crippen molar-refractivity contribution in [2.75, 3.05) is 20.3 Å². The minimum atomic E-state index is 0.201. The van der Waals surface area contributed by atoms with E-state index in [-0.39, 0.29) is 11.5 Å². The number of rotatable bonds is 8. The third-order valence-corrected chi connectivity index (χ3v) is 5.71. The van der Waals surface area contributed by atoms with Crippen molar-refractivity contribution in [3.8, 4) is 0 Å². The molecule has 1 atom stereocenters. The Balaban J connectivity index is 2.07. The van der Waals surface area contributed by atoms with Crippen molar-refractivity contribution in [3.63, 3.8) is 0 Å². The first kappa shape index (κ1) is 17.0. The number of halogens is 1. The minimum absolute atomic E-state index is 0.201. The van der Waals surface area contributed by atoms with Crippen LogP contribution in [-0.4, -0.2) is 20.3 Å². The Morgan fingerprint density at radius 1 is 1.29 bits per heavy atom. The Kier molecular flexibility index (Phi) is 6.26. The molecule has 0 bridgehead atoms. The molecule has 0 fully saturated rings. The smallest absolute Gasteiger partial charge is 0.0931 e. The molecule has 21 heavy (non-hydrogen) atoms. The molecule has 5 heteroatoms. The monoisotopic (exact) mass is 343 g/mol. The number of methoxy groups -OCH3 is 1. The van der Waals surface area contributed by atoms with Gasteiger partial charge in [0.2, 0.25) is 0 Å². The van der Waals surface area contributed by atoms with Gasteiger partial charge in [-0.25, -0.2) is 0 Å². The van der Waals surface area contributed by atoms with Crippen LogP contribution < -0.4 is 5.32 Å². The lowest BCUT2D eigenvalue weighted by Crippen LogP contribution is -2.33. The van der Waals surface area contributed by atoms with Crippen molar-refractivity contribution >= 4 is 34.3 Å². The summed E-state index contributed by atoms with van der Waals surface area (Å²) in [4.78, 5) is 2.60. The van der Waals surface area contributed by atoms with E-state index in [0.717, 1.165) is 23.9 Å². The molecule has 0 aromatic carbocycles. The molecule has 116 valence electrons. The van der Waals surface area contributed by atoms with Gasteiger partial charge in [-0.2, -0.15) is 0 Å².